The van der Waals surface area contributed by atoms with E-state index in [1.54, 1.807) is 0 Å². The minimum Gasteiger partial charge on any atom is -0.462 e. The number of carbonyl (C=O) groups excluding carboxylic acids is 2. The Labute approximate surface area is 78.5 Å². The van der Waals surface area contributed by atoms with Crippen LogP contribution in [0.4, 0.5) is 0 Å². The van der Waals surface area contributed by atoms with E-state index in [-0.39, 0.29) is 17.9 Å². The fraction of sp³-hybridized carbons (Fsp3) is 0.800. The Morgan fingerprint density at radius 3 is 2.85 bits per heavy atom. The van der Waals surface area contributed by atoms with Crippen molar-refractivity contribution in [3.8, 4) is 0 Å². The summed E-state index contributed by atoms with van der Waals surface area (Å²) in [6, 6.07) is 0. The number of Topliss-reactive ketones (excluding diaryl/α,β-unsaturated/α-hetero) is 1. The summed E-state index contributed by atoms with van der Waals surface area (Å²) in [6.07, 6.45) is 4.87. The number of ketones is 1. The van der Waals surface area contributed by atoms with Crippen molar-refractivity contribution >= 4 is 11.8 Å². The molecule has 0 aromatic heterocycles. The van der Waals surface area contributed by atoms with Crippen molar-refractivity contribution in [2.24, 2.45) is 0 Å². The first-order valence-electron chi connectivity index (χ1n) is 4.87. The summed E-state index contributed by atoms with van der Waals surface area (Å²) in [6.45, 7) is 1.39. The van der Waals surface area contributed by atoms with E-state index in [1.165, 1.54) is 6.92 Å². The standard InChI is InChI=1S/C10H16O3/c1-8(11)13-10-6-4-2-3-5-9(12)7-10/h10H,2-7H2,1H3. The lowest BCUT2D eigenvalue weighted by Gasteiger charge is -2.18. The number of esters is 1. The first-order valence-corrected chi connectivity index (χ1v) is 4.87. The van der Waals surface area contributed by atoms with E-state index >= 15 is 0 Å². The van der Waals surface area contributed by atoms with Gasteiger partial charge in [0.25, 0.3) is 0 Å². The smallest absolute Gasteiger partial charge is 0.302 e. The van der Waals surface area contributed by atoms with Crippen LogP contribution in [-0.4, -0.2) is 17.9 Å². The van der Waals surface area contributed by atoms with Crippen molar-refractivity contribution in [2.45, 2.75) is 51.6 Å². The predicted octanol–water partition coefficient (Wildman–Crippen LogP) is 1.84. The molecule has 74 valence electrons. The van der Waals surface area contributed by atoms with Crippen molar-refractivity contribution < 1.29 is 14.3 Å². The fourth-order valence-electron chi connectivity index (χ4n) is 1.66. The predicted molar refractivity (Wildman–Crippen MR) is 48.3 cm³/mol. The average molecular weight is 184 g/mol. The van der Waals surface area contributed by atoms with E-state index in [0.717, 1.165) is 25.7 Å². The lowest BCUT2D eigenvalue weighted by atomic mass is 9.98. The van der Waals surface area contributed by atoms with E-state index in [9.17, 15) is 9.59 Å². The van der Waals surface area contributed by atoms with E-state index in [0.29, 0.717) is 12.8 Å². The quantitative estimate of drug-likeness (QED) is 0.584. The molecule has 0 aliphatic heterocycles. The zero-order chi connectivity index (χ0) is 9.68. The molecule has 1 saturated carbocycles. The topological polar surface area (TPSA) is 43.4 Å². The highest BCUT2D eigenvalue weighted by Crippen LogP contribution is 2.17. The highest BCUT2D eigenvalue weighted by atomic mass is 16.5. The number of hydrogen-bond donors (Lipinski definition) is 0. The second kappa shape index (κ2) is 5.00. The average Bonchev–Trinajstić information content (AvgIpc) is 1.98. The van der Waals surface area contributed by atoms with Gasteiger partial charge >= 0.3 is 5.97 Å². The molecule has 0 N–H and O–H groups in total. The van der Waals surface area contributed by atoms with Crippen molar-refractivity contribution in [1.29, 1.82) is 0 Å². The summed E-state index contributed by atoms with van der Waals surface area (Å²) < 4.78 is 5.04. The molecule has 0 bridgehead atoms. The van der Waals surface area contributed by atoms with Gasteiger partial charge in [-0.05, 0) is 19.3 Å². The van der Waals surface area contributed by atoms with E-state index in [2.05, 4.69) is 0 Å². The number of rotatable bonds is 1. The third-order valence-corrected chi connectivity index (χ3v) is 2.27. The van der Waals surface area contributed by atoms with Gasteiger partial charge in [0.1, 0.15) is 11.9 Å². The summed E-state index contributed by atoms with van der Waals surface area (Å²) in [5.74, 6) is -0.0516. The maximum Gasteiger partial charge on any atom is 0.302 e. The van der Waals surface area contributed by atoms with Crippen LogP contribution in [-0.2, 0) is 14.3 Å². The Morgan fingerprint density at radius 1 is 1.38 bits per heavy atom. The largest absolute Gasteiger partial charge is 0.462 e. The molecule has 3 heteroatoms. The zero-order valence-electron chi connectivity index (χ0n) is 8.04. The molecular formula is C10H16O3. The maximum atomic E-state index is 11.2. The highest BCUT2D eigenvalue weighted by Gasteiger charge is 2.18. The van der Waals surface area contributed by atoms with Crippen LogP contribution in [0, 0.1) is 0 Å². The summed E-state index contributed by atoms with van der Waals surface area (Å²) in [5, 5.41) is 0. The van der Waals surface area contributed by atoms with Crippen LogP contribution in [0.3, 0.4) is 0 Å². The van der Waals surface area contributed by atoms with Crippen molar-refractivity contribution in [1.82, 2.24) is 0 Å². The molecule has 0 spiro atoms. The normalized spacial score (nSPS) is 24.7. The maximum absolute atomic E-state index is 11.2. The zero-order valence-corrected chi connectivity index (χ0v) is 8.04. The number of ether oxygens (including phenoxy) is 1. The number of carbonyl (C=O) groups is 2. The van der Waals surface area contributed by atoms with E-state index in [1.807, 2.05) is 0 Å². The molecule has 1 fully saturated rings. The van der Waals surface area contributed by atoms with Crippen molar-refractivity contribution in [3.05, 3.63) is 0 Å². The monoisotopic (exact) mass is 184 g/mol. The van der Waals surface area contributed by atoms with Crippen LogP contribution in [0.2, 0.25) is 0 Å². The van der Waals surface area contributed by atoms with Gasteiger partial charge in [-0.2, -0.15) is 0 Å². The third-order valence-electron chi connectivity index (χ3n) is 2.27. The van der Waals surface area contributed by atoms with Crippen molar-refractivity contribution in [3.63, 3.8) is 0 Å². The molecule has 0 aromatic carbocycles. The summed E-state index contributed by atoms with van der Waals surface area (Å²) in [7, 11) is 0. The molecule has 0 radical (unpaired) electrons. The second-order valence-electron chi connectivity index (χ2n) is 3.57. The Balaban J connectivity index is 2.41. The molecule has 1 atom stereocenters. The fourth-order valence-corrected chi connectivity index (χ4v) is 1.66. The Morgan fingerprint density at radius 2 is 2.15 bits per heavy atom. The molecule has 0 saturated heterocycles. The van der Waals surface area contributed by atoms with Gasteiger partial charge in [0, 0.05) is 19.8 Å². The Bertz CT molecular complexity index is 198. The van der Waals surface area contributed by atoms with Gasteiger partial charge in [-0.25, -0.2) is 0 Å². The first kappa shape index (κ1) is 10.2. The lowest BCUT2D eigenvalue weighted by molar-refractivity contribution is -0.148. The molecule has 0 heterocycles. The molecule has 0 amide bonds. The van der Waals surface area contributed by atoms with Gasteiger partial charge in [0.15, 0.2) is 0 Å². The van der Waals surface area contributed by atoms with Gasteiger partial charge in [-0.15, -0.1) is 0 Å². The molecule has 1 unspecified atom stereocenters. The molecule has 1 aliphatic carbocycles. The Kier molecular flexibility index (Phi) is 3.93. The second-order valence-corrected chi connectivity index (χ2v) is 3.57. The van der Waals surface area contributed by atoms with Crippen LogP contribution < -0.4 is 0 Å². The van der Waals surface area contributed by atoms with E-state index < -0.39 is 0 Å². The minimum absolute atomic E-state index is 0.162. The lowest BCUT2D eigenvalue weighted by Crippen LogP contribution is -2.21. The minimum atomic E-state index is -0.279. The van der Waals surface area contributed by atoms with Crippen LogP contribution in [0.1, 0.15) is 45.4 Å². The molecule has 0 aromatic rings. The van der Waals surface area contributed by atoms with Crippen LogP contribution >= 0.6 is 0 Å². The first-order chi connectivity index (χ1) is 6.18. The van der Waals surface area contributed by atoms with Crippen molar-refractivity contribution in [2.75, 3.05) is 0 Å². The third kappa shape index (κ3) is 4.06. The molecule has 1 aliphatic rings. The van der Waals surface area contributed by atoms with Gasteiger partial charge in [0.05, 0.1) is 0 Å². The molecule has 3 nitrogen and oxygen atoms in total. The van der Waals surface area contributed by atoms with Crippen LogP contribution in [0.25, 0.3) is 0 Å². The van der Waals surface area contributed by atoms with E-state index in [4.69, 9.17) is 4.74 Å². The van der Waals surface area contributed by atoms with Crippen LogP contribution in [0.5, 0.6) is 0 Å². The van der Waals surface area contributed by atoms with Gasteiger partial charge in [0.2, 0.25) is 0 Å². The SMILES string of the molecule is CC(=O)OC1CCCCCC(=O)C1. The van der Waals surface area contributed by atoms with Gasteiger partial charge in [-0.1, -0.05) is 6.42 Å². The highest BCUT2D eigenvalue weighted by molar-refractivity contribution is 5.79. The summed E-state index contributed by atoms with van der Waals surface area (Å²) in [4.78, 5) is 21.9. The molecular weight excluding hydrogens is 168 g/mol. The molecule has 1 rings (SSSR count). The summed E-state index contributed by atoms with van der Waals surface area (Å²) >= 11 is 0. The molecule has 13 heavy (non-hydrogen) atoms. The van der Waals surface area contributed by atoms with Crippen LogP contribution in [0.15, 0.2) is 0 Å². The number of hydrogen-bond acceptors (Lipinski definition) is 3. The Hall–Kier alpha value is -0.860. The summed E-state index contributed by atoms with van der Waals surface area (Å²) in [5.41, 5.74) is 0. The van der Waals surface area contributed by atoms with Gasteiger partial charge in [-0.3, -0.25) is 9.59 Å². The van der Waals surface area contributed by atoms with Gasteiger partial charge < -0.3 is 4.74 Å².